The van der Waals surface area contributed by atoms with Gasteiger partial charge in [-0.15, -0.1) is 0 Å². The molecule has 1 aliphatic heterocycles. The van der Waals surface area contributed by atoms with Crippen LogP contribution in [-0.2, 0) is 42.9 Å². The number of hydrogen-bond acceptors (Lipinski definition) is 10. The highest BCUT2D eigenvalue weighted by Gasteiger charge is 2.68. The van der Waals surface area contributed by atoms with Gasteiger partial charge in [-0.2, -0.15) is 0 Å². The maximum Gasteiger partial charge on any atom is 0.352 e. The van der Waals surface area contributed by atoms with Crippen molar-refractivity contribution >= 4 is 35.6 Å². The number of allylic oxidation sites excluding steroid dienone is 3. The van der Waals surface area contributed by atoms with Gasteiger partial charge in [0.05, 0.1) is 45.8 Å². The van der Waals surface area contributed by atoms with E-state index in [-0.39, 0.29) is 11.3 Å². The fourth-order valence-electron chi connectivity index (χ4n) is 6.12. The molecule has 4 aliphatic carbocycles. The van der Waals surface area contributed by atoms with Gasteiger partial charge < -0.3 is 24.1 Å². The summed E-state index contributed by atoms with van der Waals surface area (Å²) in [6.07, 6.45) is 3.59. The summed E-state index contributed by atoms with van der Waals surface area (Å²) in [5.41, 5.74) is 0.0855. The summed E-state index contributed by atoms with van der Waals surface area (Å²) in [5.74, 6) is -8.83. The second-order valence-corrected chi connectivity index (χ2v) is 8.33. The molecule has 0 aromatic carbocycles. The van der Waals surface area contributed by atoms with E-state index in [2.05, 4.69) is 4.99 Å². The van der Waals surface area contributed by atoms with Crippen LogP contribution in [0.1, 0.15) is 0 Å². The number of aliphatic carboxylic acids is 1. The number of carbonyl (C=O) groups excluding carboxylic acids is 4. The molecule has 0 spiro atoms. The van der Waals surface area contributed by atoms with Crippen LogP contribution in [0.5, 0.6) is 0 Å². The molecule has 0 radical (unpaired) electrons. The highest BCUT2D eigenvalue weighted by molar-refractivity contribution is 6.39. The van der Waals surface area contributed by atoms with Crippen molar-refractivity contribution in [3.05, 3.63) is 23.3 Å². The van der Waals surface area contributed by atoms with E-state index >= 15 is 0 Å². The molecule has 5 aliphatic rings. The lowest BCUT2D eigenvalue weighted by atomic mass is 9.39. The zero-order valence-corrected chi connectivity index (χ0v) is 18.3. The molecule has 33 heavy (non-hydrogen) atoms. The molecule has 1 N–H and O–H groups in total. The summed E-state index contributed by atoms with van der Waals surface area (Å²) in [7, 11) is 4.71. The van der Waals surface area contributed by atoms with Crippen LogP contribution in [-0.4, -0.2) is 75.1 Å². The fourth-order valence-corrected chi connectivity index (χ4v) is 6.12. The summed E-state index contributed by atoms with van der Waals surface area (Å²) in [6, 6.07) is -1.66. The molecule has 11 nitrogen and oxygen atoms in total. The molecule has 5 rings (SSSR count). The molecule has 0 aromatic rings. The number of carbonyl (C=O) groups is 5. The van der Waals surface area contributed by atoms with Gasteiger partial charge in [-0.05, 0) is 29.2 Å². The van der Waals surface area contributed by atoms with Crippen LogP contribution in [0.3, 0.4) is 0 Å². The number of fused-ring (bicyclic) bond motifs is 2. The van der Waals surface area contributed by atoms with Crippen LogP contribution >= 0.6 is 0 Å². The Morgan fingerprint density at radius 1 is 0.818 bits per heavy atom. The summed E-state index contributed by atoms with van der Waals surface area (Å²) >= 11 is 0. The maximum atomic E-state index is 12.7. The number of hydrogen-bond donors (Lipinski definition) is 1. The predicted octanol–water partition coefficient (Wildman–Crippen LogP) is -0.207. The quantitative estimate of drug-likeness (QED) is 0.330. The van der Waals surface area contributed by atoms with Crippen molar-refractivity contribution in [3.8, 4) is 0 Å². The first kappa shape index (κ1) is 22.7. The van der Waals surface area contributed by atoms with E-state index < -0.39 is 77.3 Å². The lowest BCUT2D eigenvalue weighted by Crippen LogP contribution is -2.65. The van der Waals surface area contributed by atoms with Gasteiger partial charge in [-0.1, -0.05) is 12.2 Å². The molecule has 1 heterocycles. The van der Waals surface area contributed by atoms with Crippen molar-refractivity contribution < 1.29 is 48.0 Å². The van der Waals surface area contributed by atoms with Crippen molar-refractivity contribution in [2.24, 2.45) is 46.4 Å². The number of esters is 4. The smallest absolute Gasteiger partial charge is 0.352 e. The third kappa shape index (κ3) is 3.01. The van der Waals surface area contributed by atoms with Gasteiger partial charge >= 0.3 is 29.8 Å². The van der Waals surface area contributed by atoms with Crippen LogP contribution < -0.4 is 0 Å². The fraction of sp³-hybridized carbons (Fsp3) is 0.545. The highest BCUT2D eigenvalue weighted by atomic mass is 16.5. The molecule has 2 saturated carbocycles. The van der Waals surface area contributed by atoms with Gasteiger partial charge in [0.25, 0.3) is 0 Å². The Morgan fingerprint density at radius 3 is 1.88 bits per heavy atom. The predicted molar refractivity (Wildman–Crippen MR) is 108 cm³/mol. The van der Waals surface area contributed by atoms with E-state index in [0.29, 0.717) is 5.57 Å². The van der Waals surface area contributed by atoms with E-state index in [1.807, 2.05) is 0 Å². The lowest BCUT2D eigenvalue weighted by molar-refractivity contribution is -0.172. The Kier molecular flexibility index (Phi) is 5.59. The van der Waals surface area contributed by atoms with Crippen molar-refractivity contribution in [3.63, 3.8) is 0 Å². The molecule has 2 fully saturated rings. The number of ether oxygens (including phenoxy) is 4. The molecule has 0 aromatic heterocycles. The minimum Gasteiger partial charge on any atom is -0.479 e. The Balaban J connectivity index is 1.92. The highest BCUT2D eigenvalue weighted by Crippen LogP contribution is 2.66. The number of methoxy groups -OCH3 is 4. The summed E-state index contributed by atoms with van der Waals surface area (Å²) < 4.78 is 19.6. The zero-order valence-electron chi connectivity index (χ0n) is 18.3. The van der Waals surface area contributed by atoms with Crippen molar-refractivity contribution in [2.75, 3.05) is 28.4 Å². The van der Waals surface area contributed by atoms with E-state index in [4.69, 9.17) is 18.9 Å². The van der Waals surface area contributed by atoms with Gasteiger partial charge in [0.2, 0.25) is 0 Å². The molecule has 176 valence electrons. The van der Waals surface area contributed by atoms with Gasteiger partial charge in [-0.25, -0.2) is 14.4 Å². The van der Waals surface area contributed by atoms with Crippen molar-refractivity contribution in [2.45, 2.75) is 6.04 Å². The second kappa shape index (κ2) is 8.13. The standard InChI is InChI=1S/C22H23NO10/c1-30-19(26)11-7-5-6-8(12(11)20(27)31-2)10-9(7)13-14(10)17(22(29)33-4)23-16(18(24)25)15(13)21(28)32-3/h5-12,14,16H,1-4H3,(H,24,25). The average molecular weight is 461 g/mol. The van der Waals surface area contributed by atoms with Crippen LogP contribution in [0, 0.1) is 41.4 Å². The Labute approximate surface area is 188 Å². The molecule has 0 saturated heterocycles. The van der Waals surface area contributed by atoms with E-state index in [1.165, 1.54) is 14.2 Å². The van der Waals surface area contributed by atoms with E-state index in [1.54, 1.807) is 12.2 Å². The molecular weight excluding hydrogens is 438 g/mol. The van der Waals surface area contributed by atoms with Gasteiger partial charge in [0.1, 0.15) is 5.71 Å². The minimum absolute atomic E-state index is 0.131. The zero-order chi connectivity index (χ0) is 24.2. The van der Waals surface area contributed by atoms with Crippen molar-refractivity contribution in [1.29, 1.82) is 0 Å². The number of aliphatic imine (C=N–C) groups is 1. The third-order valence-corrected chi connectivity index (χ3v) is 7.25. The number of rotatable bonds is 5. The molecule has 8 unspecified atom stereocenters. The molecule has 0 amide bonds. The topological polar surface area (TPSA) is 155 Å². The maximum absolute atomic E-state index is 12.7. The van der Waals surface area contributed by atoms with Crippen LogP contribution in [0.4, 0.5) is 0 Å². The molecule has 8 atom stereocenters. The van der Waals surface area contributed by atoms with Crippen molar-refractivity contribution in [1.82, 2.24) is 0 Å². The van der Waals surface area contributed by atoms with Gasteiger partial charge in [0, 0.05) is 5.92 Å². The molecule has 2 bridgehead atoms. The van der Waals surface area contributed by atoms with Crippen LogP contribution in [0.2, 0.25) is 0 Å². The molecular formula is C22H23NO10. The number of nitrogens with zero attached hydrogens (tertiary/aromatic N) is 1. The monoisotopic (exact) mass is 461 g/mol. The number of carboxylic acids is 1. The summed E-state index contributed by atoms with van der Waals surface area (Å²) in [5, 5.41) is 9.76. The minimum atomic E-state index is -1.66. The third-order valence-electron chi connectivity index (χ3n) is 7.25. The van der Waals surface area contributed by atoms with Crippen LogP contribution in [0.25, 0.3) is 0 Å². The normalized spacial score (nSPS) is 35.3. The number of carboxylic acid groups (broad SMARTS) is 1. The molecule has 11 heteroatoms. The Morgan fingerprint density at radius 2 is 1.36 bits per heavy atom. The summed E-state index contributed by atoms with van der Waals surface area (Å²) in [4.78, 5) is 66.7. The lowest BCUT2D eigenvalue weighted by Gasteiger charge is -2.63. The van der Waals surface area contributed by atoms with Crippen LogP contribution in [0.15, 0.2) is 28.3 Å². The number of dihydropyridines is 1. The first-order valence-corrected chi connectivity index (χ1v) is 10.3. The van der Waals surface area contributed by atoms with Gasteiger partial charge in [-0.3, -0.25) is 14.6 Å². The Hall–Kier alpha value is -3.50. The van der Waals surface area contributed by atoms with E-state index in [0.717, 1.165) is 14.2 Å². The summed E-state index contributed by atoms with van der Waals surface area (Å²) in [6.45, 7) is 0. The first-order valence-electron chi connectivity index (χ1n) is 10.3. The second-order valence-electron chi connectivity index (χ2n) is 8.33. The Bertz CT molecular complexity index is 1040. The van der Waals surface area contributed by atoms with Gasteiger partial charge in [0.15, 0.2) is 6.04 Å². The first-order chi connectivity index (χ1) is 15.7. The SMILES string of the molecule is COC(=O)C1=NC(C(=O)O)C(C(=O)OC)=C2C1C1C3C=CC(C(C(=O)OC)C3C(=O)OC)C21. The largest absolute Gasteiger partial charge is 0.479 e. The van der Waals surface area contributed by atoms with E-state index in [9.17, 15) is 29.1 Å². The average Bonchev–Trinajstić information content (AvgIpc) is 2.82.